The predicted octanol–water partition coefficient (Wildman–Crippen LogP) is 2.07. The van der Waals surface area contributed by atoms with Crippen molar-refractivity contribution in [3.8, 4) is 17.2 Å². The third kappa shape index (κ3) is 3.82. The number of fused-ring (bicyclic) bond motifs is 1. The number of likely N-dealkylation sites (N-methyl/N-ethyl adjacent to an activating group) is 1. The lowest BCUT2D eigenvalue weighted by molar-refractivity contribution is -0.121. The van der Waals surface area contributed by atoms with E-state index in [-0.39, 0.29) is 25.0 Å². The van der Waals surface area contributed by atoms with Gasteiger partial charge in [0.2, 0.25) is 0 Å². The number of amides is 2. The highest BCUT2D eigenvalue weighted by Crippen LogP contribution is 2.33. The fourth-order valence-corrected chi connectivity index (χ4v) is 2.37. The van der Waals surface area contributed by atoms with Crippen molar-refractivity contribution in [3.05, 3.63) is 42.5 Å². The Morgan fingerprint density at radius 1 is 1.20 bits per heavy atom. The van der Waals surface area contributed by atoms with Gasteiger partial charge < -0.3 is 24.4 Å². The highest BCUT2D eigenvalue weighted by atomic mass is 16.5. The van der Waals surface area contributed by atoms with Crippen LogP contribution in [0.3, 0.4) is 0 Å². The van der Waals surface area contributed by atoms with Gasteiger partial charge in [0.25, 0.3) is 11.8 Å². The number of carbonyl (C=O) groups is 2. The van der Waals surface area contributed by atoms with Crippen LogP contribution in [-0.4, -0.2) is 39.2 Å². The van der Waals surface area contributed by atoms with Crippen molar-refractivity contribution in [1.29, 1.82) is 0 Å². The highest BCUT2D eigenvalue weighted by molar-refractivity contribution is 5.99. The first kappa shape index (κ1) is 16.6. The van der Waals surface area contributed by atoms with Gasteiger partial charge in [-0.05, 0) is 42.5 Å². The topological polar surface area (TPSA) is 77.1 Å². The predicted molar refractivity (Wildman–Crippen MR) is 92.5 cm³/mol. The zero-order valence-corrected chi connectivity index (χ0v) is 13.9. The van der Waals surface area contributed by atoms with Gasteiger partial charge in [-0.25, -0.2) is 0 Å². The van der Waals surface area contributed by atoms with Crippen molar-refractivity contribution >= 4 is 23.2 Å². The minimum Gasteiger partial charge on any atom is -0.497 e. The van der Waals surface area contributed by atoms with E-state index in [1.165, 1.54) is 4.90 Å². The standard InChI is InChI=1S/C18H18N2O5/c1-20-15-9-12(3-8-16(15)25-11-18(20)22)19-17(21)10-24-14-6-4-13(23-2)5-7-14/h3-9H,10-11H2,1-2H3,(H,19,21). The van der Waals surface area contributed by atoms with Gasteiger partial charge in [0, 0.05) is 12.7 Å². The van der Waals surface area contributed by atoms with Crippen LogP contribution in [0, 0.1) is 0 Å². The number of methoxy groups -OCH3 is 1. The first-order chi connectivity index (χ1) is 12.1. The third-order valence-electron chi connectivity index (χ3n) is 3.76. The maximum absolute atomic E-state index is 12.1. The molecule has 0 aliphatic carbocycles. The Kier molecular flexibility index (Phi) is 4.74. The number of nitrogens with one attached hydrogen (secondary N) is 1. The van der Waals surface area contributed by atoms with Crippen molar-refractivity contribution in [2.24, 2.45) is 0 Å². The van der Waals surface area contributed by atoms with E-state index >= 15 is 0 Å². The van der Waals surface area contributed by atoms with Crippen LogP contribution in [-0.2, 0) is 9.59 Å². The quantitative estimate of drug-likeness (QED) is 0.900. The number of hydrogen-bond donors (Lipinski definition) is 1. The molecule has 25 heavy (non-hydrogen) atoms. The molecule has 0 aromatic heterocycles. The molecule has 0 spiro atoms. The number of benzene rings is 2. The number of nitrogens with zero attached hydrogens (tertiary/aromatic N) is 1. The molecule has 2 amide bonds. The molecular weight excluding hydrogens is 324 g/mol. The molecule has 2 aromatic carbocycles. The summed E-state index contributed by atoms with van der Waals surface area (Å²) in [7, 11) is 3.25. The van der Waals surface area contributed by atoms with Crippen LogP contribution in [0.4, 0.5) is 11.4 Å². The van der Waals surface area contributed by atoms with E-state index in [1.807, 2.05) is 0 Å². The molecule has 0 fully saturated rings. The van der Waals surface area contributed by atoms with Gasteiger partial charge in [-0.2, -0.15) is 0 Å². The Morgan fingerprint density at radius 3 is 2.64 bits per heavy atom. The summed E-state index contributed by atoms with van der Waals surface area (Å²) >= 11 is 0. The average molecular weight is 342 g/mol. The number of carbonyl (C=O) groups excluding carboxylic acids is 2. The minimum absolute atomic E-state index is 0.0188. The van der Waals surface area contributed by atoms with Crippen LogP contribution >= 0.6 is 0 Å². The van der Waals surface area contributed by atoms with Crippen LogP contribution in [0.1, 0.15) is 0 Å². The molecule has 7 nitrogen and oxygen atoms in total. The molecule has 0 unspecified atom stereocenters. The second-order valence-electron chi connectivity index (χ2n) is 5.44. The smallest absolute Gasteiger partial charge is 0.264 e. The van der Waals surface area contributed by atoms with Crippen molar-refractivity contribution in [3.63, 3.8) is 0 Å². The second kappa shape index (κ2) is 7.12. The summed E-state index contributed by atoms with van der Waals surface area (Å²) in [6.45, 7) is -0.112. The van der Waals surface area contributed by atoms with E-state index in [0.717, 1.165) is 0 Å². The highest BCUT2D eigenvalue weighted by Gasteiger charge is 2.22. The summed E-state index contributed by atoms with van der Waals surface area (Å²) in [5.74, 6) is 1.45. The lowest BCUT2D eigenvalue weighted by Crippen LogP contribution is -2.35. The summed E-state index contributed by atoms with van der Waals surface area (Å²) in [4.78, 5) is 25.2. The Bertz CT molecular complexity index is 789. The second-order valence-corrected chi connectivity index (χ2v) is 5.44. The lowest BCUT2D eigenvalue weighted by atomic mass is 10.2. The molecule has 1 aliphatic rings. The summed E-state index contributed by atoms with van der Waals surface area (Å²) in [5, 5.41) is 2.74. The molecule has 1 heterocycles. The van der Waals surface area contributed by atoms with Gasteiger partial charge in [0.15, 0.2) is 13.2 Å². The number of ether oxygens (including phenoxy) is 3. The maximum atomic E-state index is 12.1. The molecule has 3 rings (SSSR count). The van der Waals surface area contributed by atoms with E-state index in [1.54, 1.807) is 56.6 Å². The Morgan fingerprint density at radius 2 is 1.92 bits per heavy atom. The molecular formula is C18H18N2O5. The van der Waals surface area contributed by atoms with Crippen molar-refractivity contribution in [2.45, 2.75) is 0 Å². The van der Waals surface area contributed by atoms with Crippen molar-refractivity contribution in [1.82, 2.24) is 0 Å². The van der Waals surface area contributed by atoms with E-state index in [9.17, 15) is 9.59 Å². The van der Waals surface area contributed by atoms with Crippen LogP contribution in [0.25, 0.3) is 0 Å². The van der Waals surface area contributed by atoms with Crippen molar-refractivity contribution in [2.75, 3.05) is 37.6 Å². The van der Waals surface area contributed by atoms with Gasteiger partial charge in [-0.15, -0.1) is 0 Å². The molecule has 0 saturated heterocycles. The minimum atomic E-state index is -0.304. The molecule has 0 saturated carbocycles. The van der Waals surface area contributed by atoms with Gasteiger partial charge in [-0.3, -0.25) is 9.59 Å². The van der Waals surface area contributed by atoms with Crippen LogP contribution in [0.15, 0.2) is 42.5 Å². The van der Waals surface area contributed by atoms with Crippen LogP contribution in [0.2, 0.25) is 0 Å². The van der Waals surface area contributed by atoms with E-state index < -0.39 is 0 Å². The Balaban J connectivity index is 1.60. The van der Waals surface area contributed by atoms with Gasteiger partial charge >= 0.3 is 0 Å². The fourth-order valence-electron chi connectivity index (χ4n) is 2.37. The van der Waals surface area contributed by atoms with Crippen LogP contribution in [0.5, 0.6) is 17.2 Å². The zero-order chi connectivity index (χ0) is 17.8. The third-order valence-corrected chi connectivity index (χ3v) is 3.76. The molecule has 1 N–H and O–H groups in total. The van der Waals surface area contributed by atoms with Gasteiger partial charge in [-0.1, -0.05) is 0 Å². The van der Waals surface area contributed by atoms with E-state index in [2.05, 4.69) is 5.32 Å². The van der Waals surface area contributed by atoms with E-state index in [0.29, 0.717) is 28.6 Å². The molecule has 0 bridgehead atoms. The SMILES string of the molecule is COc1ccc(OCC(=O)Nc2ccc3c(c2)N(C)C(=O)CO3)cc1. The van der Waals surface area contributed by atoms with E-state index in [4.69, 9.17) is 14.2 Å². The molecule has 0 radical (unpaired) electrons. The number of anilines is 2. The normalized spacial score (nSPS) is 12.9. The molecule has 1 aliphatic heterocycles. The van der Waals surface area contributed by atoms with Crippen LogP contribution < -0.4 is 24.4 Å². The van der Waals surface area contributed by atoms with Gasteiger partial charge in [0.1, 0.15) is 17.2 Å². The first-order valence-corrected chi connectivity index (χ1v) is 7.67. The largest absolute Gasteiger partial charge is 0.497 e. The molecule has 2 aromatic rings. The monoisotopic (exact) mass is 342 g/mol. The van der Waals surface area contributed by atoms with Crippen molar-refractivity contribution < 1.29 is 23.8 Å². The zero-order valence-electron chi connectivity index (χ0n) is 13.9. The van der Waals surface area contributed by atoms with Gasteiger partial charge in [0.05, 0.1) is 12.8 Å². The summed E-state index contributed by atoms with van der Waals surface area (Å²) in [6, 6.07) is 12.1. The Labute approximate surface area is 145 Å². The summed E-state index contributed by atoms with van der Waals surface area (Å²) < 4.78 is 15.8. The average Bonchev–Trinajstić information content (AvgIpc) is 2.64. The maximum Gasteiger partial charge on any atom is 0.264 e. The summed E-state index contributed by atoms with van der Waals surface area (Å²) in [6.07, 6.45) is 0. The fraction of sp³-hybridized carbons (Fsp3) is 0.222. The molecule has 0 atom stereocenters. The lowest BCUT2D eigenvalue weighted by Gasteiger charge is -2.26. The molecule has 130 valence electrons. The number of hydrogen-bond acceptors (Lipinski definition) is 5. The molecule has 7 heteroatoms. The first-order valence-electron chi connectivity index (χ1n) is 7.67. The Hall–Kier alpha value is -3.22. The summed E-state index contributed by atoms with van der Waals surface area (Å²) in [5.41, 5.74) is 1.18. The number of rotatable bonds is 5.